The van der Waals surface area contributed by atoms with Gasteiger partial charge < -0.3 is 33.8 Å². The molecule has 0 aromatic carbocycles. The third kappa shape index (κ3) is 63.2. The molecule has 0 radical (unpaired) electrons. The Kier molecular flexibility index (Phi) is 58.5. The maximum absolute atomic E-state index is 13.0. The van der Waals surface area contributed by atoms with Crippen molar-refractivity contribution in [3.63, 3.8) is 0 Å². The van der Waals surface area contributed by atoms with E-state index in [1.54, 1.807) is 0 Å². The molecule has 0 saturated heterocycles. The highest BCUT2D eigenvalue weighted by molar-refractivity contribution is 7.47. The number of hydrogen-bond donors (Lipinski definition) is 3. The van der Waals surface area contributed by atoms with Gasteiger partial charge in [-0.1, -0.05) is 293 Å². The normalized spacial score (nSPS) is 14.6. The van der Waals surface area contributed by atoms with Gasteiger partial charge in [-0.25, -0.2) is 9.13 Å². The SMILES string of the molecule is CCC(C)CCCCCCCCCCC(=O)OC[C@H](COP(=O)(O)OCC(O)COP(=O)(O)OC[C@@H](COC(=O)CCCCCCCCCC(C)C)OC(=O)CCCCCCCCCCCCCCC(C)C)OC(=O)CCCCCCCCCCCC(C)C. The van der Waals surface area contributed by atoms with Crippen LogP contribution in [0.25, 0.3) is 0 Å². The highest BCUT2D eigenvalue weighted by Crippen LogP contribution is 2.45. The molecule has 0 bridgehead atoms. The average molecular weight is 1310 g/mol. The summed E-state index contributed by atoms with van der Waals surface area (Å²) in [5.41, 5.74) is 0. The molecule has 0 aliphatic rings. The van der Waals surface area contributed by atoms with Gasteiger partial charge in [0, 0.05) is 25.7 Å². The molecule has 3 N–H and O–H groups in total. The molecule has 4 unspecified atom stereocenters. The summed E-state index contributed by atoms with van der Waals surface area (Å²) >= 11 is 0. The zero-order valence-corrected chi connectivity index (χ0v) is 59.8. The summed E-state index contributed by atoms with van der Waals surface area (Å²) in [6, 6.07) is 0. The molecular formula is C70H136O17P2. The molecule has 0 aliphatic carbocycles. The fraction of sp³-hybridized carbons (Fsp3) is 0.943. The molecular weight excluding hydrogens is 1170 g/mol. The van der Waals surface area contributed by atoms with Gasteiger partial charge in [-0.15, -0.1) is 0 Å². The van der Waals surface area contributed by atoms with E-state index < -0.39 is 97.5 Å². The van der Waals surface area contributed by atoms with Gasteiger partial charge in [0.1, 0.15) is 19.3 Å². The molecule has 17 nitrogen and oxygen atoms in total. The van der Waals surface area contributed by atoms with Crippen molar-refractivity contribution >= 4 is 39.5 Å². The van der Waals surface area contributed by atoms with Crippen LogP contribution in [0.3, 0.4) is 0 Å². The Labute approximate surface area is 543 Å². The first kappa shape index (κ1) is 87.1. The second kappa shape index (κ2) is 59.8. The number of rotatable bonds is 67. The third-order valence-corrected chi connectivity index (χ3v) is 18.3. The van der Waals surface area contributed by atoms with Crippen molar-refractivity contribution < 1.29 is 80.2 Å². The van der Waals surface area contributed by atoms with Crippen LogP contribution in [-0.2, 0) is 65.4 Å². The molecule has 0 aromatic rings. The van der Waals surface area contributed by atoms with E-state index in [9.17, 15) is 43.2 Å². The molecule has 0 rings (SSSR count). The number of aliphatic hydroxyl groups excluding tert-OH is 1. The van der Waals surface area contributed by atoms with Gasteiger partial charge in [0.05, 0.1) is 26.4 Å². The van der Waals surface area contributed by atoms with Crippen LogP contribution in [0.4, 0.5) is 0 Å². The van der Waals surface area contributed by atoms with E-state index in [1.165, 1.54) is 141 Å². The molecule has 0 saturated carbocycles. The Balaban J connectivity index is 5.26. The topological polar surface area (TPSA) is 237 Å². The Morgan fingerprint density at radius 3 is 0.798 bits per heavy atom. The Morgan fingerprint density at radius 2 is 0.539 bits per heavy atom. The smallest absolute Gasteiger partial charge is 0.462 e. The van der Waals surface area contributed by atoms with Crippen molar-refractivity contribution in [2.75, 3.05) is 39.6 Å². The summed E-state index contributed by atoms with van der Waals surface area (Å²) in [4.78, 5) is 72.5. The number of unbranched alkanes of at least 4 members (excludes halogenated alkanes) is 32. The molecule has 0 spiro atoms. The number of carbonyl (C=O) groups is 4. The minimum Gasteiger partial charge on any atom is -0.462 e. The van der Waals surface area contributed by atoms with E-state index in [0.717, 1.165) is 114 Å². The van der Waals surface area contributed by atoms with E-state index in [2.05, 4.69) is 55.4 Å². The minimum atomic E-state index is -4.95. The van der Waals surface area contributed by atoms with E-state index in [1.807, 2.05) is 0 Å². The maximum atomic E-state index is 13.0. The van der Waals surface area contributed by atoms with E-state index >= 15 is 0 Å². The number of aliphatic hydroxyl groups is 1. The molecule has 6 atom stereocenters. The van der Waals surface area contributed by atoms with Crippen molar-refractivity contribution in [3.05, 3.63) is 0 Å². The standard InChI is InChI=1S/C70H136O17P2/c1-9-63(8)49-41-33-25-19-20-26-34-42-50-67(72)80-56-65(87-70(75)53-45-37-28-18-14-16-23-31-39-47-61(4)5)58-84-88(76,77)82-54-64(71)55-83-89(78,79)85-59-66(57-81-68(73)51-43-35-29-21-24-32-40-48-62(6)7)86-69(74)52-44-36-27-17-13-11-10-12-15-22-30-38-46-60(2)3/h60-66,71H,9-59H2,1-8H3,(H,76,77)(H,78,79)/t63?,64?,65-,66-/m1/s1. The predicted octanol–water partition coefficient (Wildman–Crippen LogP) is 19.7. The van der Waals surface area contributed by atoms with Gasteiger partial charge in [-0.05, 0) is 49.4 Å². The number of ether oxygens (including phenoxy) is 4. The summed E-state index contributed by atoms with van der Waals surface area (Å²) in [6.45, 7) is 14.1. The predicted molar refractivity (Wildman–Crippen MR) is 358 cm³/mol. The molecule has 0 amide bonds. The van der Waals surface area contributed by atoms with Crippen LogP contribution in [0.2, 0.25) is 0 Å². The third-order valence-electron chi connectivity index (χ3n) is 16.4. The van der Waals surface area contributed by atoms with Crippen molar-refractivity contribution in [1.82, 2.24) is 0 Å². The minimum absolute atomic E-state index is 0.104. The first-order valence-corrected chi connectivity index (χ1v) is 39.2. The van der Waals surface area contributed by atoms with Gasteiger partial charge in [-0.3, -0.25) is 37.3 Å². The molecule has 19 heteroatoms. The summed E-state index contributed by atoms with van der Waals surface area (Å²) in [5.74, 6) is 0.865. The molecule has 0 aliphatic heterocycles. The number of phosphoric ester groups is 2. The van der Waals surface area contributed by atoms with Gasteiger partial charge in [0.15, 0.2) is 12.2 Å². The van der Waals surface area contributed by atoms with Gasteiger partial charge in [0.25, 0.3) is 0 Å². The molecule has 0 fully saturated rings. The second-order valence-electron chi connectivity index (χ2n) is 26.9. The quantitative estimate of drug-likeness (QED) is 0.0222. The van der Waals surface area contributed by atoms with Crippen LogP contribution in [0.5, 0.6) is 0 Å². The largest absolute Gasteiger partial charge is 0.472 e. The monoisotopic (exact) mass is 1310 g/mol. The summed E-state index contributed by atoms with van der Waals surface area (Å²) in [5, 5.41) is 10.6. The van der Waals surface area contributed by atoms with E-state index in [0.29, 0.717) is 31.6 Å². The van der Waals surface area contributed by atoms with Crippen LogP contribution >= 0.6 is 15.6 Å². The summed E-state index contributed by atoms with van der Waals surface area (Å²) in [7, 11) is -9.90. The van der Waals surface area contributed by atoms with E-state index in [-0.39, 0.29) is 25.7 Å². The molecule has 528 valence electrons. The lowest BCUT2D eigenvalue weighted by Gasteiger charge is -2.21. The molecule has 89 heavy (non-hydrogen) atoms. The zero-order valence-electron chi connectivity index (χ0n) is 58.1. The Morgan fingerprint density at radius 1 is 0.315 bits per heavy atom. The maximum Gasteiger partial charge on any atom is 0.472 e. The van der Waals surface area contributed by atoms with Gasteiger partial charge in [0.2, 0.25) is 0 Å². The summed E-state index contributed by atoms with van der Waals surface area (Å²) in [6.07, 6.45) is 41.7. The lowest BCUT2D eigenvalue weighted by atomic mass is 9.99. The number of phosphoric acid groups is 2. The Hall–Kier alpha value is -1.94. The van der Waals surface area contributed by atoms with Crippen molar-refractivity contribution in [3.8, 4) is 0 Å². The lowest BCUT2D eigenvalue weighted by Crippen LogP contribution is -2.30. The van der Waals surface area contributed by atoms with Crippen molar-refractivity contribution in [2.24, 2.45) is 23.7 Å². The van der Waals surface area contributed by atoms with Crippen LogP contribution in [0.1, 0.15) is 344 Å². The van der Waals surface area contributed by atoms with Crippen LogP contribution in [0.15, 0.2) is 0 Å². The van der Waals surface area contributed by atoms with Crippen molar-refractivity contribution in [1.29, 1.82) is 0 Å². The number of hydrogen-bond acceptors (Lipinski definition) is 15. The number of carbonyl (C=O) groups excluding carboxylic acids is 4. The van der Waals surface area contributed by atoms with Crippen LogP contribution in [-0.4, -0.2) is 96.7 Å². The first-order valence-electron chi connectivity index (χ1n) is 36.2. The Bertz CT molecular complexity index is 1770. The van der Waals surface area contributed by atoms with Crippen LogP contribution < -0.4 is 0 Å². The first-order chi connectivity index (χ1) is 42.6. The highest BCUT2D eigenvalue weighted by Gasteiger charge is 2.30. The fourth-order valence-electron chi connectivity index (χ4n) is 10.5. The average Bonchev–Trinajstić information content (AvgIpc) is 3.69. The van der Waals surface area contributed by atoms with Crippen LogP contribution in [0, 0.1) is 23.7 Å². The zero-order chi connectivity index (χ0) is 66.1. The number of esters is 4. The summed E-state index contributed by atoms with van der Waals surface area (Å²) < 4.78 is 68.3. The highest BCUT2D eigenvalue weighted by atomic mass is 31.2. The fourth-order valence-corrected chi connectivity index (χ4v) is 12.0. The van der Waals surface area contributed by atoms with E-state index in [4.69, 9.17) is 37.0 Å². The second-order valence-corrected chi connectivity index (χ2v) is 29.8. The van der Waals surface area contributed by atoms with Crippen molar-refractivity contribution in [2.45, 2.75) is 363 Å². The lowest BCUT2D eigenvalue weighted by molar-refractivity contribution is -0.161. The van der Waals surface area contributed by atoms with Gasteiger partial charge >= 0.3 is 39.5 Å². The molecule has 0 heterocycles. The molecule has 0 aromatic heterocycles. The van der Waals surface area contributed by atoms with Gasteiger partial charge in [-0.2, -0.15) is 0 Å².